The molecule has 0 fully saturated rings. The quantitative estimate of drug-likeness (QED) is 0.772. The normalized spacial score (nSPS) is 10.3. The van der Waals surface area contributed by atoms with Crippen LogP contribution < -0.4 is 5.73 Å². The summed E-state index contributed by atoms with van der Waals surface area (Å²) < 4.78 is 1.07. The van der Waals surface area contributed by atoms with Crippen LogP contribution in [0.3, 0.4) is 0 Å². The highest BCUT2D eigenvalue weighted by Crippen LogP contribution is 2.32. The van der Waals surface area contributed by atoms with Crippen molar-refractivity contribution in [1.29, 1.82) is 0 Å². The lowest BCUT2D eigenvalue weighted by atomic mass is 10.0. The molecule has 0 atom stereocenters. The Bertz CT molecular complexity index is 492. The van der Waals surface area contributed by atoms with Gasteiger partial charge < -0.3 is 5.73 Å². The lowest BCUT2D eigenvalue weighted by Crippen LogP contribution is -1.91. The molecule has 0 radical (unpaired) electrons. The van der Waals surface area contributed by atoms with Gasteiger partial charge in [0.1, 0.15) is 0 Å². The van der Waals surface area contributed by atoms with Crippen molar-refractivity contribution in [3.63, 3.8) is 0 Å². The van der Waals surface area contributed by atoms with E-state index in [1.807, 2.05) is 30.3 Å². The maximum atomic E-state index is 5.97. The van der Waals surface area contributed by atoms with E-state index in [9.17, 15) is 0 Å². The fraction of sp³-hybridized carbons (Fsp3) is 0.0769. The van der Waals surface area contributed by atoms with Crippen LogP contribution in [-0.2, 0) is 0 Å². The van der Waals surface area contributed by atoms with Crippen LogP contribution in [0.1, 0.15) is 5.56 Å². The third kappa shape index (κ3) is 2.05. The van der Waals surface area contributed by atoms with Gasteiger partial charge in [-0.1, -0.05) is 45.8 Å². The van der Waals surface area contributed by atoms with Gasteiger partial charge in [0.15, 0.2) is 0 Å². The third-order valence-corrected chi connectivity index (χ3v) is 3.06. The molecule has 0 amide bonds. The van der Waals surface area contributed by atoms with Crippen LogP contribution in [0.4, 0.5) is 5.69 Å². The van der Waals surface area contributed by atoms with Crippen LogP contribution >= 0.6 is 15.9 Å². The summed E-state index contributed by atoms with van der Waals surface area (Å²) in [4.78, 5) is 0. The highest BCUT2D eigenvalue weighted by atomic mass is 79.9. The topological polar surface area (TPSA) is 26.0 Å². The highest BCUT2D eigenvalue weighted by Gasteiger charge is 2.05. The summed E-state index contributed by atoms with van der Waals surface area (Å²) in [7, 11) is 0. The number of benzene rings is 2. The Morgan fingerprint density at radius 1 is 1.00 bits per heavy atom. The molecule has 1 nitrogen and oxygen atoms in total. The molecule has 2 rings (SSSR count). The van der Waals surface area contributed by atoms with Gasteiger partial charge in [0.25, 0.3) is 0 Å². The zero-order chi connectivity index (χ0) is 10.8. The molecule has 0 unspecified atom stereocenters. The number of hydrogen-bond acceptors (Lipinski definition) is 1. The van der Waals surface area contributed by atoms with Crippen LogP contribution in [0.5, 0.6) is 0 Å². The monoisotopic (exact) mass is 261 g/mol. The van der Waals surface area contributed by atoms with E-state index in [1.165, 1.54) is 5.56 Å². The average Bonchev–Trinajstić information content (AvgIpc) is 2.23. The molecule has 0 aromatic heterocycles. The molecule has 15 heavy (non-hydrogen) atoms. The molecule has 76 valence electrons. The molecule has 2 aromatic carbocycles. The van der Waals surface area contributed by atoms with Gasteiger partial charge in [-0.3, -0.25) is 0 Å². The number of nitrogen functional groups attached to an aromatic ring is 1. The number of anilines is 1. The molecule has 2 heteroatoms. The van der Waals surface area contributed by atoms with Crippen molar-refractivity contribution in [3.05, 3.63) is 52.5 Å². The Morgan fingerprint density at radius 3 is 2.47 bits per heavy atom. The van der Waals surface area contributed by atoms with E-state index in [2.05, 4.69) is 35.0 Å². The minimum Gasteiger partial charge on any atom is -0.398 e. The predicted octanol–water partition coefficient (Wildman–Crippen LogP) is 4.01. The molecule has 0 aliphatic heterocycles. The fourth-order valence-corrected chi connectivity index (χ4v) is 2.08. The number of nitrogens with two attached hydrogens (primary N) is 1. The molecule has 0 heterocycles. The summed E-state index contributed by atoms with van der Waals surface area (Å²) in [6.07, 6.45) is 0. The second kappa shape index (κ2) is 4.07. The SMILES string of the molecule is Cc1ccc(N)c(-c2ccccc2Br)c1. The van der Waals surface area contributed by atoms with E-state index in [1.54, 1.807) is 0 Å². The zero-order valence-electron chi connectivity index (χ0n) is 8.50. The van der Waals surface area contributed by atoms with E-state index in [4.69, 9.17) is 5.73 Å². The highest BCUT2D eigenvalue weighted by molar-refractivity contribution is 9.10. The van der Waals surface area contributed by atoms with Crippen LogP contribution in [0.15, 0.2) is 46.9 Å². The zero-order valence-corrected chi connectivity index (χ0v) is 10.1. The smallest absolute Gasteiger partial charge is 0.0394 e. The summed E-state index contributed by atoms with van der Waals surface area (Å²) in [5, 5.41) is 0. The van der Waals surface area contributed by atoms with Gasteiger partial charge >= 0.3 is 0 Å². The number of halogens is 1. The number of aryl methyl sites for hydroxylation is 1. The molecule has 0 spiro atoms. The molecule has 0 bridgehead atoms. The van der Waals surface area contributed by atoms with Crippen molar-refractivity contribution in [2.75, 3.05) is 5.73 Å². The molecule has 0 saturated carbocycles. The first-order valence-electron chi connectivity index (χ1n) is 4.79. The first-order valence-corrected chi connectivity index (χ1v) is 5.59. The maximum Gasteiger partial charge on any atom is 0.0394 e. The number of hydrogen-bond donors (Lipinski definition) is 1. The largest absolute Gasteiger partial charge is 0.398 e. The van der Waals surface area contributed by atoms with Crippen LogP contribution in [0.25, 0.3) is 11.1 Å². The van der Waals surface area contributed by atoms with E-state index >= 15 is 0 Å². The van der Waals surface area contributed by atoms with Crippen LogP contribution in [0, 0.1) is 6.92 Å². The lowest BCUT2D eigenvalue weighted by Gasteiger charge is -2.08. The summed E-state index contributed by atoms with van der Waals surface area (Å²) in [6, 6.07) is 14.2. The van der Waals surface area contributed by atoms with E-state index in [-0.39, 0.29) is 0 Å². The van der Waals surface area contributed by atoms with Gasteiger partial charge in [-0.2, -0.15) is 0 Å². The lowest BCUT2D eigenvalue weighted by molar-refractivity contribution is 1.46. The first kappa shape index (κ1) is 10.2. The maximum absolute atomic E-state index is 5.97. The third-order valence-electron chi connectivity index (χ3n) is 2.37. The first-order chi connectivity index (χ1) is 7.18. The van der Waals surface area contributed by atoms with Crippen LogP contribution in [0.2, 0.25) is 0 Å². The Hall–Kier alpha value is -1.28. The molecule has 0 aliphatic rings. The summed E-state index contributed by atoms with van der Waals surface area (Å²) >= 11 is 3.54. The summed E-state index contributed by atoms with van der Waals surface area (Å²) in [5.74, 6) is 0. The molecule has 0 saturated heterocycles. The van der Waals surface area contributed by atoms with E-state index < -0.39 is 0 Å². The van der Waals surface area contributed by atoms with Crippen LogP contribution in [-0.4, -0.2) is 0 Å². The van der Waals surface area contributed by atoms with E-state index in [0.717, 1.165) is 21.3 Å². The summed E-state index contributed by atoms with van der Waals surface area (Å²) in [6.45, 7) is 2.07. The second-order valence-electron chi connectivity index (χ2n) is 3.57. The van der Waals surface area contributed by atoms with Crippen molar-refractivity contribution in [3.8, 4) is 11.1 Å². The Kier molecular flexibility index (Phi) is 2.78. The molecular formula is C13H12BrN. The predicted molar refractivity (Wildman–Crippen MR) is 68.7 cm³/mol. The van der Waals surface area contributed by atoms with Gasteiger partial charge in [0.05, 0.1) is 0 Å². The molecule has 2 aromatic rings. The fourth-order valence-electron chi connectivity index (χ4n) is 1.58. The Labute approximate surface area is 98.1 Å². The van der Waals surface area contributed by atoms with Crippen molar-refractivity contribution >= 4 is 21.6 Å². The Balaban J connectivity index is 2.64. The van der Waals surface area contributed by atoms with Gasteiger partial charge in [-0.15, -0.1) is 0 Å². The van der Waals surface area contributed by atoms with Crippen molar-refractivity contribution in [1.82, 2.24) is 0 Å². The second-order valence-corrected chi connectivity index (χ2v) is 4.42. The van der Waals surface area contributed by atoms with Gasteiger partial charge in [-0.25, -0.2) is 0 Å². The minimum absolute atomic E-state index is 0.813. The van der Waals surface area contributed by atoms with Gasteiger partial charge in [0.2, 0.25) is 0 Å². The standard InChI is InChI=1S/C13H12BrN/c1-9-6-7-13(15)11(8-9)10-4-2-3-5-12(10)14/h2-8H,15H2,1H3. The van der Waals surface area contributed by atoms with Gasteiger partial charge in [0, 0.05) is 15.7 Å². The molecular weight excluding hydrogens is 250 g/mol. The van der Waals surface area contributed by atoms with Gasteiger partial charge in [-0.05, 0) is 30.7 Å². The molecule has 2 N–H and O–H groups in total. The van der Waals surface area contributed by atoms with Crippen molar-refractivity contribution in [2.24, 2.45) is 0 Å². The molecule has 0 aliphatic carbocycles. The van der Waals surface area contributed by atoms with E-state index in [0.29, 0.717) is 0 Å². The minimum atomic E-state index is 0.813. The number of rotatable bonds is 1. The van der Waals surface area contributed by atoms with Crippen molar-refractivity contribution in [2.45, 2.75) is 6.92 Å². The average molecular weight is 262 g/mol. The summed E-state index contributed by atoms with van der Waals surface area (Å²) in [5.41, 5.74) is 10.2. The Morgan fingerprint density at radius 2 is 1.73 bits per heavy atom. The van der Waals surface area contributed by atoms with Crippen molar-refractivity contribution < 1.29 is 0 Å².